The molecule has 0 saturated carbocycles. The number of likely N-dealkylation sites (N-methyl/N-ethyl adjacent to an activating group) is 1. The third kappa shape index (κ3) is 3.42. The molecule has 0 aromatic carbocycles. The molecular formula is C8H16ClN3Si. The molecule has 0 fully saturated rings. The van der Waals surface area contributed by atoms with Crippen molar-refractivity contribution in [3.63, 3.8) is 0 Å². The van der Waals surface area contributed by atoms with Gasteiger partial charge < -0.3 is 9.99 Å². The lowest BCUT2D eigenvalue weighted by atomic mass is 10.4. The molecule has 0 aromatic rings. The summed E-state index contributed by atoms with van der Waals surface area (Å²) in [4.78, 5) is 0. The highest BCUT2D eigenvalue weighted by Gasteiger charge is 2.09. The van der Waals surface area contributed by atoms with Gasteiger partial charge in [0.05, 0.1) is 5.70 Å². The Morgan fingerprint density at radius 1 is 1.46 bits per heavy atom. The van der Waals surface area contributed by atoms with Crippen LogP contribution in [0.5, 0.6) is 0 Å². The number of nitrogens with one attached hydrogen (secondary N) is 2. The Morgan fingerprint density at radius 2 is 2.23 bits per heavy atom. The maximum atomic E-state index is 6.04. The van der Waals surface area contributed by atoms with Crippen molar-refractivity contribution >= 4 is 21.3 Å². The Labute approximate surface area is 86.7 Å². The quantitative estimate of drug-likeness (QED) is 0.670. The second-order valence-electron chi connectivity index (χ2n) is 2.85. The van der Waals surface area contributed by atoms with Crippen molar-refractivity contribution < 1.29 is 0 Å². The summed E-state index contributed by atoms with van der Waals surface area (Å²) in [6.07, 6.45) is 4.11. The molecule has 0 bridgehead atoms. The van der Waals surface area contributed by atoms with E-state index in [1.807, 2.05) is 6.08 Å². The molecule has 74 valence electrons. The van der Waals surface area contributed by atoms with E-state index in [9.17, 15) is 0 Å². The van der Waals surface area contributed by atoms with E-state index in [1.54, 1.807) is 0 Å². The van der Waals surface area contributed by atoms with E-state index < -0.39 is 9.68 Å². The summed E-state index contributed by atoms with van der Waals surface area (Å²) in [6, 6.07) is 0. The van der Waals surface area contributed by atoms with Gasteiger partial charge in [0.15, 0.2) is 9.68 Å². The third-order valence-corrected chi connectivity index (χ3v) is 3.39. The lowest BCUT2D eigenvalue weighted by Crippen LogP contribution is -2.39. The molecule has 13 heavy (non-hydrogen) atoms. The number of rotatable bonds is 4. The molecular weight excluding hydrogens is 202 g/mol. The first-order valence-electron chi connectivity index (χ1n) is 4.58. The summed E-state index contributed by atoms with van der Waals surface area (Å²) in [5.41, 5.74) is 4.35. The molecule has 0 aromatic heterocycles. The number of hydrogen-bond acceptors (Lipinski definition) is 3. The van der Waals surface area contributed by atoms with Crippen LogP contribution >= 0.6 is 11.6 Å². The van der Waals surface area contributed by atoms with Crippen LogP contribution in [0.4, 0.5) is 0 Å². The summed E-state index contributed by atoms with van der Waals surface area (Å²) in [6.45, 7) is 6.02. The van der Waals surface area contributed by atoms with Crippen LogP contribution in [0.15, 0.2) is 22.6 Å². The van der Waals surface area contributed by atoms with E-state index in [4.69, 9.17) is 11.6 Å². The highest BCUT2D eigenvalue weighted by Crippen LogP contribution is 2.11. The second-order valence-corrected chi connectivity index (χ2v) is 5.54. The van der Waals surface area contributed by atoms with Crippen LogP contribution in [-0.4, -0.2) is 27.4 Å². The lowest BCUT2D eigenvalue weighted by Gasteiger charge is -2.25. The number of allylic oxidation sites excluding steroid dienone is 1. The van der Waals surface area contributed by atoms with Gasteiger partial charge in [0.25, 0.3) is 0 Å². The fraction of sp³-hybridized carbons (Fsp3) is 0.500. The molecule has 0 atom stereocenters. The van der Waals surface area contributed by atoms with E-state index >= 15 is 0 Å². The van der Waals surface area contributed by atoms with Crippen molar-refractivity contribution in [2.75, 3.05) is 13.1 Å². The summed E-state index contributed by atoms with van der Waals surface area (Å²) in [5.74, 6) is 0. The first kappa shape index (κ1) is 10.6. The Morgan fingerprint density at radius 3 is 2.85 bits per heavy atom. The molecule has 5 heteroatoms. The lowest BCUT2D eigenvalue weighted by molar-refractivity contribution is 0.438. The van der Waals surface area contributed by atoms with Gasteiger partial charge in [-0.05, 0) is 13.0 Å². The summed E-state index contributed by atoms with van der Waals surface area (Å²) in [5, 5.41) is 3.24. The molecule has 0 aliphatic carbocycles. The van der Waals surface area contributed by atoms with E-state index in [-0.39, 0.29) is 0 Å². The minimum absolute atomic E-state index is 0.481. The molecule has 0 unspecified atom stereocenters. The SMILES string of the molecule is CCNC1=CN(NCC)[SiH2]C(Cl)=C1. The smallest absolute Gasteiger partial charge is 0.188 e. The molecule has 0 spiro atoms. The fourth-order valence-corrected chi connectivity index (χ4v) is 3.00. The maximum Gasteiger partial charge on any atom is 0.188 e. The molecule has 1 heterocycles. The van der Waals surface area contributed by atoms with Gasteiger partial charge in [0.1, 0.15) is 0 Å². The minimum Gasteiger partial charge on any atom is -0.384 e. The Bertz CT molecular complexity index is 227. The van der Waals surface area contributed by atoms with Gasteiger partial charge in [-0.25, -0.2) is 5.43 Å². The Balaban J connectivity index is 2.58. The third-order valence-electron chi connectivity index (χ3n) is 1.67. The summed E-state index contributed by atoms with van der Waals surface area (Å²) in [7, 11) is -0.481. The largest absolute Gasteiger partial charge is 0.384 e. The molecule has 1 rings (SSSR count). The number of hydrogen-bond donors (Lipinski definition) is 2. The highest BCUT2D eigenvalue weighted by atomic mass is 35.5. The predicted molar refractivity (Wildman–Crippen MR) is 59.8 cm³/mol. The van der Waals surface area contributed by atoms with E-state index in [0.717, 1.165) is 23.4 Å². The zero-order valence-corrected chi connectivity index (χ0v) is 10.3. The number of nitrogens with zero attached hydrogens (tertiary/aromatic N) is 1. The zero-order valence-electron chi connectivity index (χ0n) is 8.10. The molecule has 2 N–H and O–H groups in total. The van der Waals surface area contributed by atoms with Crippen molar-refractivity contribution in [3.05, 3.63) is 22.6 Å². The highest BCUT2D eigenvalue weighted by molar-refractivity contribution is 6.62. The molecule has 0 amide bonds. The monoisotopic (exact) mass is 217 g/mol. The fourth-order valence-electron chi connectivity index (χ4n) is 1.23. The maximum absolute atomic E-state index is 6.04. The van der Waals surface area contributed by atoms with Crippen LogP contribution in [0.3, 0.4) is 0 Å². The van der Waals surface area contributed by atoms with Crippen molar-refractivity contribution in [1.82, 2.24) is 15.4 Å². The van der Waals surface area contributed by atoms with Crippen LogP contribution in [0.25, 0.3) is 0 Å². The summed E-state index contributed by atoms with van der Waals surface area (Å²) < 4.78 is 3.11. The van der Waals surface area contributed by atoms with Gasteiger partial charge in [-0.3, -0.25) is 0 Å². The number of halogens is 1. The van der Waals surface area contributed by atoms with Crippen molar-refractivity contribution in [1.29, 1.82) is 0 Å². The van der Waals surface area contributed by atoms with Crippen molar-refractivity contribution in [2.45, 2.75) is 13.8 Å². The van der Waals surface area contributed by atoms with Gasteiger partial charge in [-0.15, -0.1) is 0 Å². The minimum atomic E-state index is -0.481. The van der Waals surface area contributed by atoms with Gasteiger partial charge in [-0.1, -0.05) is 18.5 Å². The zero-order chi connectivity index (χ0) is 9.68. The average Bonchev–Trinajstić information content (AvgIpc) is 2.04. The van der Waals surface area contributed by atoms with E-state index in [0.29, 0.717) is 0 Å². The number of hydrazine groups is 1. The van der Waals surface area contributed by atoms with E-state index in [1.165, 1.54) is 0 Å². The normalized spacial score (nSPS) is 18.5. The second kappa shape index (κ2) is 5.31. The molecule has 1 aliphatic heterocycles. The predicted octanol–water partition coefficient (Wildman–Crippen LogP) is 0.441. The first-order valence-corrected chi connectivity index (χ1v) is 6.30. The summed E-state index contributed by atoms with van der Waals surface area (Å²) >= 11 is 6.04. The first-order chi connectivity index (χ1) is 6.26. The van der Waals surface area contributed by atoms with Crippen LogP contribution in [0, 0.1) is 0 Å². The Kier molecular flexibility index (Phi) is 4.34. The van der Waals surface area contributed by atoms with E-state index in [2.05, 4.69) is 35.5 Å². The molecule has 1 aliphatic rings. The van der Waals surface area contributed by atoms with Gasteiger partial charge in [-0.2, -0.15) is 0 Å². The van der Waals surface area contributed by atoms with Crippen molar-refractivity contribution in [3.8, 4) is 0 Å². The van der Waals surface area contributed by atoms with Crippen LogP contribution in [-0.2, 0) is 0 Å². The Hall–Kier alpha value is -0.453. The van der Waals surface area contributed by atoms with Crippen LogP contribution in [0.2, 0.25) is 0 Å². The van der Waals surface area contributed by atoms with Gasteiger partial charge in [0.2, 0.25) is 0 Å². The molecule has 0 radical (unpaired) electrons. The standard InChI is InChI=1S/C8H16ClN3Si/c1-3-10-7-5-8(9)13-12(6-7)11-4-2/h5-6,10-11H,3-4,13H2,1-2H3. The molecule has 3 nitrogen and oxygen atoms in total. The van der Waals surface area contributed by atoms with Crippen LogP contribution in [0.1, 0.15) is 13.8 Å². The molecule has 0 saturated heterocycles. The van der Waals surface area contributed by atoms with Crippen molar-refractivity contribution in [2.24, 2.45) is 0 Å². The van der Waals surface area contributed by atoms with Gasteiger partial charge in [0, 0.05) is 23.9 Å². The average molecular weight is 218 g/mol. The topological polar surface area (TPSA) is 27.3 Å². The van der Waals surface area contributed by atoms with Crippen LogP contribution < -0.4 is 10.7 Å². The van der Waals surface area contributed by atoms with Gasteiger partial charge >= 0.3 is 0 Å².